The van der Waals surface area contributed by atoms with Gasteiger partial charge in [-0.05, 0) is 11.6 Å². The van der Waals surface area contributed by atoms with Gasteiger partial charge in [-0.15, -0.1) is 0 Å². The van der Waals surface area contributed by atoms with Gasteiger partial charge >= 0.3 is 0 Å². The second kappa shape index (κ2) is 8.68. The van der Waals surface area contributed by atoms with Gasteiger partial charge in [-0.2, -0.15) is 0 Å². The molecule has 2 N–H and O–H groups in total. The van der Waals surface area contributed by atoms with Crippen molar-refractivity contribution in [1.82, 2.24) is 15.2 Å². The van der Waals surface area contributed by atoms with Gasteiger partial charge in [0.1, 0.15) is 9.84 Å². The van der Waals surface area contributed by atoms with Gasteiger partial charge in [0.15, 0.2) is 5.96 Å². The summed E-state index contributed by atoms with van der Waals surface area (Å²) in [4.78, 5) is 4.10. The van der Waals surface area contributed by atoms with Crippen LogP contribution in [-0.2, 0) is 28.2 Å². The van der Waals surface area contributed by atoms with E-state index >= 15 is 0 Å². The third-order valence-electron chi connectivity index (χ3n) is 2.71. The molecule has 0 spiro atoms. The van der Waals surface area contributed by atoms with Crippen molar-refractivity contribution in [1.29, 1.82) is 0 Å². The van der Waals surface area contributed by atoms with E-state index in [1.165, 1.54) is 11.8 Å². The van der Waals surface area contributed by atoms with Gasteiger partial charge < -0.3 is 19.9 Å². The van der Waals surface area contributed by atoms with Crippen LogP contribution >= 0.6 is 0 Å². The Hall–Kier alpha value is -1.54. The molecule has 0 saturated carbocycles. The second-order valence-corrected chi connectivity index (χ2v) is 7.04. The van der Waals surface area contributed by atoms with E-state index in [0.29, 0.717) is 25.7 Å². The van der Waals surface area contributed by atoms with Crippen molar-refractivity contribution in [3.05, 3.63) is 24.0 Å². The van der Waals surface area contributed by atoms with Crippen LogP contribution in [-0.4, -0.2) is 57.8 Å². The number of nitrogens with one attached hydrogen (secondary N) is 2. The highest BCUT2D eigenvalue weighted by Gasteiger charge is 2.02. The van der Waals surface area contributed by atoms with Crippen LogP contribution in [0.25, 0.3) is 0 Å². The van der Waals surface area contributed by atoms with E-state index in [0.717, 1.165) is 0 Å². The van der Waals surface area contributed by atoms with Crippen molar-refractivity contribution >= 4 is 15.8 Å². The van der Waals surface area contributed by atoms with Gasteiger partial charge in [-0.25, -0.2) is 8.42 Å². The van der Waals surface area contributed by atoms with E-state index in [2.05, 4.69) is 15.6 Å². The van der Waals surface area contributed by atoms with Crippen LogP contribution < -0.4 is 10.6 Å². The van der Waals surface area contributed by atoms with Gasteiger partial charge in [0.25, 0.3) is 0 Å². The largest absolute Gasteiger partial charge is 0.379 e. The smallest absolute Gasteiger partial charge is 0.191 e. The zero-order valence-electron chi connectivity index (χ0n) is 12.8. The lowest BCUT2D eigenvalue weighted by atomic mass is 10.3. The van der Waals surface area contributed by atoms with Crippen LogP contribution in [0.1, 0.15) is 5.56 Å². The maximum atomic E-state index is 10.9. The van der Waals surface area contributed by atoms with Gasteiger partial charge in [0.05, 0.1) is 19.0 Å². The number of hydrogen-bond donors (Lipinski definition) is 2. The molecule has 1 aromatic rings. The summed E-state index contributed by atoms with van der Waals surface area (Å²) in [5, 5.41) is 6.29. The highest BCUT2D eigenvalue weighted by Crippen LogP contribution is 1.97. The number of rotatable bonds is 8. The first-order valence-corrected chi connectivity index (χ1v) is 8.77. The van der Waals surface area contributed by atoms with Crippen LogP contribution in [0.15, 0.2) is 23.5 Å². The average Bonchev–Trinajstić information content (AvgIpc) is 2.81. The van der Waals surface area contributed by atoms with Crippen LogP contribution in [0.5, 0.6) is 0 Å². The summed E-state index contributed by atoms with van der Waals surface area (Å²) in [6.45, 7) is 1.91. The number of nitrogens with zero attached hydrogens (tertiary/aromatic N) is 2. The minimum atomic E-state index is -2.95. The zero-order valence-corrected chi connectivity index (χ0v) is 13.6. The Balaban J connectivity index is 2.14. The Morgan fingerprint density at radius 3 is 2.71 bits per heavy atom. The lowest BCUT2D eigenvalue weighted by molar-refractivity contribution is 0.154. The molecule has 21 heavy (non-hydrogen) atoms. The maximum absolute atomic E-state index is 10.9. The lowest BCUT2D eigenvalue weighted by Gasteiger charge is -2.11. The fraction of sp³-hybridized carbons (Fsp3) is 0.615. The zero-order chi connectivity index (χ0) is 15.7. The van der Waals surface area contributed by atoms with Crippen LogP contribution in [0.2, 0.25) is 0 Å². The Morgan fingerprint density at radius 2 is 2.14 bits per heavy atom. The molecule has 1 heterocycles. The van der Waals surface area contributed by atoms with Crippen molar-refractivity contribution in [2.45, 2.75) is 6.54 Å². The molecule has 8 heteroatoms. The van der Waals surface area contributed by atoms with E-state index in [-0.39, 0.29) is 12.4 Å². The predicted octanol–water partition coefficient (Wildman–Crippen LogP) is -0.249. The third kappa shape index (κ3) is 8.36. The average molecular weight is 316 g/mol. The van der Waals surface area contributed by atoms with Crippen molar-refractivity contribution in [3.63, 3.8) is 0 Å². The Labute approximate surface area is 126 Å². The van der Waals surface area contributed by atoms with Gasteiger partial charge in [-0.3, -0.25) is 4.99 Å². The third-order valence-corrected chi connectivity index (χ3v) is 3.62. The normalized spacial score (nSPS) is 12.4. The fourth-order valence-corrected chi connectivity index (χ4v) is 2.05. The molecular weight excluding hydrogens is 292 g/mol. The second-order valence-electron chi connectivity index (χ2n) is 4.78. The van der Waals surface area contributed by atoms with Crippen LogP contribution in [0, 0.1) is 0 Å². The molecule has 1 aromatic heterocycles. The van der Waals surface area contributed by atoms with Gasteiger partial charge in [0.2, 0.25) is 0 Å². The molecule has 120 valence electrons. The van der Waals surface area contributed by atoms with E-state index in [1.807, 2.05) is 30.1 Å². The van der Waals surface area contributed by atoms with Crippen molar-refractivity contribution in [2.24, 2.45) is 12.0 Å². The Kier molecular flexibility index (Phi) is 7.24. The minimum Gasteiger partial charge on any atom is -0.379 e. The predicted molar refractivity (Wildman–Crippen MR) is 84.1 cm³/mol. The summed E-state index contributed by atoms with van der Waals surface area (Å²) in [5.41, 5.74) is 1.17. The monoisotopic (exact) mass is 316 g/mol. The molecule has 1 rings (SSSR count). The molecule has 0 bridgehead atoms. The molecule has 0 aliphatic carbocycles. The number of aliphatic imine (C=N–C) groups is 1. The van der Waals surface area contributed by atoms with Crippen molar-refractivity contribution < 1.29 is 13.2 Å². The molecule has 0 radical (unpaired) electrons. The molecule has 0 unspecified atom stereocenters. The maximum Gasteiger partial charge on any atom is 0.191 e. The molecule has 7 nitrogen and oxygen atoms in total. The standard InChI is InChI=1S/C13H24N4O3S/c1-14-13(16-10-12-4-6-17(2)11-12)15-5-7-20-8-9-21(3,18)19/h4,6,11H,5,7-10H2,1-3H3,(H2,14,15,16). The first kappa shape index (κ1) is 17.5. The van der Waals surface area contributed by atoms with E-state index < -0.39 is 9.84 Å². The Bertz CT molecular complexity index is 552. The number of aryl methyl sites for hydroxylation is 1. The summed E-state index contributed by atoms with van der Waals surface area (Å²) in [7, 11) is 0.723. The Morgan fingerprint density at radius 1 is 1.38 bits per heavy atom. The molecule has 0 atom stereocenters. The fourth-order valence-electron chi connectivity index (χ4n) is 1.63. The van der Waals surface area contributed by atoms with E-state index in [1.54, 1.807) is 7.05 Å². The summed E-state index contributed by atoms with van der Waals surface area (Å²) >= 11 is 0. The van der Waals surface area contributed by atoms with Crippen molar-refractivity contribution in [2.75, 3.05) is 38.8 Å². The minimum absolute atomic E-state index is 0.0496. The van der Waals surface area contributed by atoms with Gasteiger partial charge in [-0.1, -0.05) is 0 Å². The molecule has 0 saturated heterocycles. The first-order chi connectivity index (χ1) is 9.90. The lowest BCUT2D eigenvalue weighted by Crippen LogP contribution is -2.38. The molecule has 0 aromatic carbocycles. The SMILES string of the molecule is CN=C(NCCOCCS(C)(=O)=O)NCc1ccn(C)c1. The number of hydrogen-bond acceptors (Lipinski definition) is 4. The highest BCUT2D eigenvalue weighted by molar-refractivity contribution is 7.90. The van der Waals surface area contributed by atoms with Crippen molar-refractivity contribution in [3.8, 4) is 0 Å². The molecule has 0 aliphatic heterocycles. The number of aromatic nitrogens is 1. The summed E-state index contributed by atoms with van der Waals surface area (Å²) in [5.74, 6) is 0.735. The molecular formula is C13H24N4O3S. The van der Waals surface area contributed by atoms with Gasteiger partial charge in [0, 0.05) is 45.8 Å². The van der Waals surface area contributed by atoms with Crippen LogP contribution in [0.3, 0.4) is 0 Å². The first-order valence-electron chi connectivity index (χ1n) is 6.71. The van der Waals surface area contributed by atoms with E-state index in [4.69, 9.17) is 4.74 Å². The number of ether oxygens (including phenoxy) is 1. The molecule has 0 fully saturated rings. The number of guanidine groups is 1. The summed E-state index contributed by atoms with van der Waals surface area (Å²) in [6, 6.07) is 2.04. The summed E-state index contributed by atoms with van der Waals surface area (Å²) < 4.78 is 29.1. The summed E-state index contributed by atoms with van der Waals surface area (Å²) in [6.07, 6.45) is 5.22. The quantitative estimate of drug-likeness (QED) is 0.392. The number of sulfone groups is 1. The highest BCUT2D eigenvalue weighted by atomic mass is 32.2. The molecule has 0 amide bonds. The van der Waals surface area contributed by atoms with E-state index in [9.17, 15) is 8.42 Å². The topological polar surface area (TPSA) is 84.7 Å². The molecule has 0 aliphatic rings. The van der Waals surface area contributed by atoms with Crippen LogP contribution in [0.4, 0.5) is 0 Å².